The van der Waals surface area contributed by atoms with Crippen molar-refractivity contribution in [1.82, 2.24) is 25.6 Å². The Morgan fingerprint density at radius 2 is 2.22 bits per heavy atom. The fourth-order valence-electron chi connectivity index (χ4n) is 4.19. The van der Waals surface area contributed by atoms with Crippen LogP contribution in [0.25, 0.3) is 0 Å². The number of fused-ring (bicyclic) bond motifs is 1. The molecule has 0 radical (unpaired) electrons. The van der Waals surface area contributed by atoms with Crippen molar-refractivity contribution in [3.8, 4) is 5.75 Å². The first-order valence-electron chi connectivity index (χ1n) is 10.8. The maximum absolute atomic E-state index is 12.6. The number of carbonyl (C=O) groups excluding carboxylic acids is 3. The standard InChI is InChI=1S/C21H26BN5O5/c1-13(28)18-6-2-4-14-8-15(22(31)32-20(14)18)9-17(29)11-27-12-19(25-26-27)21(30)24-16-5-3-7-23-10-16/h2,4,6,12,15-16,23,31H,3,5,7-11H2,1H3,(H,24,30)/t15-,16+/m1/s1. The lowest BCUT2D eigenvalue weighted by molar-refractivity contribution is -0.120. The van der Waals surface area contributed by atoms with E-state index < -0.39 is 12.9 Å². The van der Waals surface area contributed by atoms with Gasteiger partial charge in [0.05, 0.1) is 11.8 Å². The Morgan fingerprint density at radius 3 is 2.97 bits per heavy atom. The summed E-state index contributed by atoms with van der Waals surface area (Å²) in [7, 11) is -1.19. The first-order valence-corrected chi connectivity index (χ1v) is 10.8. The number of Topliss-reactive ketones (excluding diaryl/α,β-unsaturated/α-hetero) is 2. The van der Waals surface area contributed by atoms with E-state index in [9.17, 15) is 19.4 Å². The molecular formula is C21H26BN5O5. The number of ketones is 2. The van der Waals surface area contributed by atoms with Crippen molar-refractivity contribution in [3.05, 3.63) is 41.2 Å². The van der Waals surface area contributed by atoms with Crippen molar-refractivity contribution < 1.29 is 24.1 Å². The highest BCUT2D eigenvalue weighted by atomic mass is 16.5. The van der Waals surface area contributed by atoms with E-state index in [1.807, 2.05) is 6.07 Å². The van der Waals surface area contributed by atoms with E-state index in [1.54, 1.807) is 12.1 Å². The van der Waals surface area contributed by atoms with E-state index in [0.29, 0.717) is 17.7 Å². The van der Waals surface area contributed by atoms with Crippen LogP contribution in [-0.2, 0) is 17.8 Å². The zero-order chi connectivity index (χ0) is 22.7. The highest BCUT2D eigenvalue weighted by molar-refractivity contribution is 6.47. The Bertz CT molecular complexity index is 1020. The lowest BCUT2D eigenvalue weighted by Crippen LogP contribution is -2.45. The van der Waals surface area contributed by atoms with Crippen molar-refractivity contribution in [2.45, 2.75) is 51.0 Å². The van der Waals surface area contributed by atoms with Crippen LogP contribution in [-0.4, -0.2) is 63.7 Å². The Labute approximate surface area is 185 Å². The number of nitrogens with zero attached hydrogens (tertiary/aromatic N) is 3. The Morgan fingerprint density at radius 1 is 1.38 bits per heavy atom. The average molecular weight is 439 g/mol. The van der Waals surface area contributed by atoms with Crippen LogP contribution in [0.5, 0.6) is 5.75 Å². The second kappa shape index (κ2) is 9.62. The van der Waals surface area contributed by atoms with Gasteiger partial charge in [0.25, 0.3) is 5.91 Å². The van der Waals surface area contributed by atoms with Crippen LogP contribution in [0.1, 0.15) is 52.6 Å². The van der Waals surface area contributed by atoms with Crippen molar-refractivity contribution in [3.63, 3.8) is 0 Å². The summed E-state index contributed by atoms with van der Waals surface area (Å²) in [5, 5.41) is 24.3. The third kappa shape index (κ3) is 5.05. The molecule has 168 valence electrons. The molecule has 0 spiro atoms. The fourth-order valence-corrected chi connectivity index (χ4v) is 4.19. The molecule has 4 rings (SSSR count). The number of rotatable bonds is 7. The van der Waals surface area contributed by atoms with Gasteiger partial charge in [-0.3, -0.25) is 14.4 Å². The monoisotopic (exact) mass is 439 g/mol. The summed E-state index contributed by atoms with van der Waals surface area (Å²) in [5.41, 5.74) is 1.37. The van der Waals surface area contributed by atoms with Gasteiger partial charge in [-0.25, -0.2) is 4.68 Å². The van der Waals surface area contributed by atoms with Crippen molar-refractivity contribution in [2.24, 2.45) is 0 Å². The van der Waals surface area contributed by atoms with Gasteiger partial charge in [-0.05, 0) is 44.4 Å². The maximum Gasteiger partial charge on any atom is 0.526 e. The highest BCUT2D eigenvalue weighted by Gasteiger charge is 2.37. The van der Waals surface area contributed by atoms with E-state index in [4.69, 9.17) is 4.65 Å². The van der Waals surface area contributed by atoms with Gasteiger partial charge >= 0.3 is 7.12 Å². The number of hydrogen-bond acceptors (Lipinski definition) is 8. The lowest BCUT2D eigenvalue weighted by Gasteiger charge is -2.28. The number of carbonyl (C=O) groups is 3. The minimum Gasteiger partial charge on any atom is -0.535 e. The van der Waals surface area contributed by atoms with E-state index in [0.717, 1.165) is 31.5 Å². The Balaban J connectivity index is 1.34. The molecule has 3 heterocycles. The molecule has 1 aromatic heterocycles. The summed E-state index contributed by atoms with van der Waals surface area (Å²) in [6.45, 7) is 3.06. The number of piperidine rings is 1. The average Bonchev–Trinajstić information content (AvgIpc) is 3.23. The van der Waals surface area contributed by atoms with E-state index in [1.165, 1.54) is 17.8 Å². The maximum atomic E-state index is 12.6. The molecule has 2 aliphatic heterocycles. The topological polar surface area (TPSA) is 135 Å². The van der Waals surface area contributed by atoms with Crippen LogP contribution < -0.4 is 15.3 Å². The summed E-state index contributed by atoms with van der Waals surface area (Å²) in [5.74, 6) is -0.684. The van der Waals surface area contributed by atoms with Gasteiger partial charge in [-0.15, -0.1) is 5.10 Å². The Kier molecular flexibility index (Phi) is 6.66. The summed E-state index contributed by atoms with van der Waals surface area (Å²) in [4.78, 5) is 36.7. The van der Waals surface area contributed by atoms with Gasteiger partial charge in [0.2, 0.25) is 0 Å². The smallest absolute Gasteiger partial charge is 0.526 e. The van der Waals surface area contributed by atoms with Gasteiger partial charge in [0.15, 0.2) is 17.3 Å². The number of benzene rings is 1. The molecule has 1 fully saturated rings. The first-order chi connectivity index (χ1) is 15.4. The van der Waals surface area contributed by atoms with Crippen LogP contribution in [0.2, 0.25) is 5.82 Å². The zero-order valence-corrected chi connectivity index (χ0v) is 17.9. The van der Waals surface area contributed by atoms with Crippen LogP contribution in [0.15, 0.2) is 24.4 Å². The van der Waals surface area contributed by atoms with Gasteiger partial charge in [0.1, 0.15) is 12.3 Å². The largest absolute Gasteiger partial charge is 0.535 e. The zero-order valence-electron chi connectivity index (χ0n) is 17.9. The molecular weight excluding hydrogens is 413 g/mol. The SMILES string of the molecule is CC(=O)c1cccc2c1OB(O)[C@@H](CC(=O)Cn1cc(C(=O)N[C@H]3CCCNC3)nn1)C2. The fraction of sp³-hybridized carbons (Fsp3) is 0.476. The molecule has 2 atom stereocenters. The predicted molar refractivity (Wildman–Crippen MR) is 116 cm³/mol. The number of para-hydroxylation sites is 1. The number of amides is 1. The third-order valence-electron chi connectivity index (χ3n) is 5.83. The molecule has 1 amide bonds. The van der Waals surface area contributed by atoms with Gasteiger partial charge in [-0.2, -0.15) is 0 Å². The molecule has 3 N–H and O–H groups in total. The van der Waals surface area contributed by atoms with Crippen molar-refractivity contribution in [2.75, 3.05) is 13.1 Å². The molecule has 11 heteroatoms. The molecule has 1 saturated heterocycles. The van der Waals surface area contributed by atoms with E-state index in [-0.39, 0.29) is 42.2 Å². The summed E-state index contributed by atoms with van der Waals surface area (Å²) >= 11 is 0. The van der Waals surface area contributed by atoms with Gasteiger partial charge in [0, 0.05) is 24.8 Å². The molecule has 1 aromatic carbocycles. The quantitative estimate of drug-likeness (QED) is 0.417. The molecule has 2 aromatic rings. The summed E-state index contributed by atoms with van der Waals surface area (Å²) in [6.07, 6.45) is 3.85. The van der Waals surface area contributed by atoms with E-state index >= 15 is 0 Å². The lowest BCUT2D eigenvalue weighted by atomic mass is 9.64. The molecule has 32 heavy (non-hydrogen) atoms. The van der Waals surface area contributed by atoms with Crippen LogP contribution in [0.3, 0.4) is 0 Å². The van der Waals surface area contributed by atoms with Gasteiger partial charge < -0.3 is 20.3 Å². The normalized spacial score (nSPS) is 20.2. The minimum atomic E-state index is -1.19. The minimum absolute atomic E-state index is 0.0576. The second-order valence-electron chi connectivity index (χ2n) is 8.38. The summed E-state index contributed by atoms with van der Waals surface area (Å²) in [6, 6.07) is 5.31. The van der Waals surface area contributed by atoms with Gasteiger partial charge in [-0.1, -0.05) is 17.3 Å². The first kappa shape index (κ1) is 22.2. The predicted octanol–water partition coefficient (Wildman–Crippen LogP) is 0.408. The molecule has 0 saturated carbocycles. The van der Waals surface area contributed by atoms with E-state index in [2.05, 4.69) is 20.9 Å². The second-order valence-corrected chi connectivity index (χ2v) is 8.38. The van der Waals surface area contributed by atoms with Crippen molar-refractivity contribution in [1.29, 1.82) is 0 Å². The van der Waals surface area contributed by atoms with Crippen LogP contribution in [0.4, 0.5) is 0 Å². The third-order valence-corrected chi connectivity index (χ3v) is 5.83. The van der Waals surface area contributed by atoms with Crippen LogP contribution in [0, 0.1) is 0 Å². The highest BCUT2D eigenvalue weighted by Crippen LogP contribution is 2.36. The van der Waals surface area contributed by atoms with Crippen molar-refractivity contribution >= 4 is 24.6 Å². The Hall–Kier alpha value is -3.05. The molecule has 0 unspecified atom stereocenters. The summed E-state index contributed by atoms with van der Waals surface area (Å²) < 4.78 is 6.91. The molecule has 0 aliphatic carbocycles. The number of nitrogens with one attached hydrogen (secondary N) is 2. The molecule has 10 nitrogen and oxygen atoms in total. The molecule has 0 bridgehead atoms. The number of hydrogen-bond donors (Lipinski definition) is 3. The number of aromatic nitrogens is 3. The molecule has 2 aliphatic rings. The van der Waals surface area contributed by atoms with Crippen LogP contribution >= 0.6 is 0 Å².